The fourth-order valence-corrected chi connectivity index (χ4v) is 2.24. The van der Waals surface area contributed by atoms with E-state index in [1.54, 1.807) is 0 Å². The molecule has 0 amide bonds. The molecule has 100 valence electrons. The number of anilines is 1. The molecule has 2 aromatic rings. The number of hydrogen-bond donors (Lipinski definition) is 1. The molecule has 1 aromatic heterocycles. The summed E-state index contributed by atoms with van der Waals surface area (Å²) in [5.74, 6) is 1.00. The zero-order valence-corrected chi connectivity index (χ0v) is 11.7. The molecule has 0 radical (unpaired) electrons. The fraction of sp³-hybridized carbons (Fsp3) is 0.312. The average Bonchev–Trinajstić information content (AvgIpc) is 2.43. The first-order valence-electron chi connectivity index (χ1n) is 6.63. The third kappa shape index (κ3) is 2.93. The second-order valence-electron chi connectivity index (χ2n) is 4.83. The molecular formula is C16H21N3. The van der Waals surface area contributed by atoms with Gasteiger partial charge in [-0.3, -0.25) is 0 Å². The largest absolute Gasteiger partial charge is 0.352 e. The van der Waals surface area contributed by atoms with Gasteiger partial charge in [-0.25, -0.2) is 4.98 Å². The van der Waals surface area contributed by atoms with Crippen molar-refractivity contribution in [2.75, 3.05) is 18.0 Å². The van der Waals surface area contributed by atoms with Gasteiger partial charge >= 0.3 is 0 Å². The van der Waals surface area contributed by atoms with Gasteiger partial charge in [-0.15, -0.1) is 0 Å². The highest BCUT2D eigenvalue weighted by atomic mass is 15.2. The molecule has 0 unspecified atom stereocenters. The number of pyridine rings is 1. The highest BCUT2D eigenvalue weighted by Crippen LogP contribution is 2.26. The number of nitrogens with two attached hydrogens (primary N) is 1. The quantitative estimate of drug-likeness (QED) is 0.835. The van der Waals surface area contributed by atoms with Gasteiger partial charge in [0.15, 0.2) is 0 Å². The number of aromatic nitrogens is 1. The number of nitrogens with zero attached hydrogens (tertiary/aromatic N) is 2. The Kier molecular flexibility index (Phi) is 4.17. The Hall–Kier alpha value is -1.87. The molecule has 0 saturated heterocycles. The summed E-state index contributed by atoms with van der Waals surface area (Å²) in [5, 5.41) is 2.36. The Morgan fingerprint density at radius 3 is 2.74 bits per heavy atom. The molecule has 0 saturated carbocycles. The maximum Gasteiger partial charge on any atom is 0.137 e. The van der Waals surface area contributed by atoms with Crippen LogP contribution in [0.4, 0.5) is 5.82 Å². The van der Waals surface area contributed by atoms with Crippen molar-refractivity contribution in [3.05, 3.63) is 48.2 Å². The van der Waals surface area contributed by atoms with Crippen LogP contribution in [0.3, 0.4) is 0 Å². The summed E-state index contributed by atoms with van der Waals surface area (Å²) in [6, 6.07) is 10.4. The van der Waals surface area contributed by atoms with E-state index in [0.717, 1.165) is 30.2 Å². The van der Waals surface area contributed by atoms with E-state index >= 15 is 0 Å². The van der Waals surface area contributed by atoms with Gasteiger partial charge < -0.3 is 10.6 Å². The molecule has 0 bridgehead atoms. The minimum atomic E-state index is 0.461. The molecule has 2 N–H and O–H groups in total. The van der Waals surface area contributed by atoms with Crippen LogP contribution in [0.25, 0.3) is 10.8 Å². The lowest BCUT2D eigenvalue weighted by atomic mass is 10.1. The lowest BCUT2D eigenvalue weighted by Crippen LogP contribution is -2.26. The number of benzene rings is 1. The van der Waals surface area contributed by atoms with E-state index in [9.17, 15) is 0 Å². The summed E-state index contributed by atoms with van der Waals surface area (Å²) in [4.78, 5) is 6.94. The van der Waals surface area contributed by atoms with Crippen LogP contribution in [0.5, 0.6) is 0 Å². The van der Waals surface area contributed by atoms with Crippen LogP contribution in [0, 0.1) is 0 Å². The first-order valence-corrected chi connectivity index (χ1v) is 6.63. The predicted molar refractivity (Wildman–Crippen MR) is 82.3 cm³/mol. The lowest BCUT2D eigenvalue weighted by Gasteiger charge is -2.24. The molecule has 0 atom stereocenters. The van der Waals surface area contributed by atoms with Crippen LogP contribution in [0.15, 0.2) is 42.5 Å². The Labute approximate surface area is 114 Å². The van der Waals surface area contributed by atoms with Gasteiger partial charge in [0.1, 0.15) is 5.82 Å². The second kappa shape index (κ2) is 5.85. The molecule has 0 fully saturated rings. The van der Waals surface area contributed by atoms with Gasteiger partial charge in [-0.1, -0.05) is 36.4 Å². The van der Waals surface area contributed by atoms with E-state index in [4.69, 9.17) is 10.7 Å². The van der Waals surface area contributed by atoms with Crippen molar-refractivity contribution in [1.29, 1.82) is 0 Å². The van der Waals surface area contributed by atoms with Gasteiger partial charge in [0.2, 0.25) is 0 Å². The monoisotopic (exact) mass is 255 g/mol. The topological polar surface area (TPSA) is 42.2 Å². The van der Waals surface area contributed by atoms with Gasteiger partial charge in [0.25, 0.3) is 0 Å². The molecule has 0 aliphatic heterocycles. The summed E-state index contributed by atoms with van der Waals surface area (Å²) < 4.78 is 0. The first kappa shape index (κ1) is 13.6. The molecule has 19 heavy (non-hydrogen) atoms. The van der Waals surface area contributed by atoms with Crippen molar-refractivity contribution in [3.63, 3.8) is 0 Å². The number of fused-ring (bicyclic) bond motifs is 1. The number of hydrogen-bond acceptors (Lipinski definition) is 3. The van der Waals surface area contributed by atoms with Crippen LogP contribution in [0.1, 0.15) is 19.5 Å². The first-order chi connectivity index (χ1) is 9.15. The van der Waals surface area contributed by atoms with Crippen LogP contribution >= 0.6 is 0 Å². The SMILES string of the molecule is C=C(C)CN(CC)c1nc(CN)cc2ccccc12. The van der Waals surface area contributed by atoms with Gasteiger partial charge in [-0.2, -0.15) is 0 Å². The maximum atomic E-state index is 5.75. The Balaban J connectivity index is 2.58. The second-order valence-corrected chi connectivity index (χ2v) is 4.83. The standard InChI is InChI=1S/C16H21N3/c1-4-19(11-12(2)3)16-15-8-6-5-7-13(15)9-14(10-17)18-16/h5-9H,2,4,10-11,17H2,1,3H3. The summed E-state index contributed by atoms with van der Waals surface area (Å²) in [5.41, 5.74) is 7.81. The third-order valence-electron chi connectivity index (χ3n) is 3.12. The van der Waals surface area contributed by atoms with Crippen molar-refractivity contribution in [2.45, 2.75) is 20.4 Å². The Morgan fingerprint density at radius 1 is 1.37 bits per heavy atom. The number of likely N-dealkylation sites (N-methyl/N-ethyl adjacent to an activating group) is 1. The van der Waals surface area contributed by atoms with Crippen molar-refractivity contribution in [3.8, 4) is 0 Å². The third-order valence-corrected chi connectivity index (χ3v) is 3.12. The molecule has 3 heteroatoms. The van der Waals surface area contributed by atoms with E-state index in [1.165, 1.54) is 10.8 Å². The molecule has 0 aliphatic carbocycles. The van der Waals surface area contributed by atoms with E-state index in [1.807, 2.05) is 19.1 Å². The van der Waals surface area contributed by atoms with Crippen LogP contribution in [-0.2, 0) is 6.54 Å². The molecule has 0 spiro atoms. The van der Waals surface area contributed by atoms with Crippen LogP contribution in [-0.4, -0.2) is 18.1 Å². The van der Waals surface area contributed by atoms with Crippen molar-refractivity contribution < 1.29 is 0 Å². The average molecular weight is 255 g/mol. The maximum absolute atomic E-state index is 5.75. The zero-order chi connectivity index (χ0) is 13.8. The van der Waals surface area contributed by atoms with E-state index in [0.29, 0.717) is 6.54 Å². The zero-order valence-electron chi connectivity index (χ0n) is 11.7. The summed E-state index contributed by atoms with van der Waals surface area (Å²) in [7, 11) is 0. The van der Waals surface area contributed by atoms with Crippen molar-refractivity contribution >= 4 is 16.6 Å². The van der Waals surface area contributed by atoms with Crippen LogP contribution in [0.2, 0.25) is 0 Å². The molecular weight excluding hydrogens is 234 g/mol. The Bertz CT molecular complexity index is 590. The minimum Gasteiger partial charge on any atom is -0.352 e. The normalized spacial score (nSPS) is 10.7. The smallest absolute Gasteiger partial charge is 0.137 e. The van der Waals surface area contributed by atoms with E-state index in [2.05, 4.69) is 36.6 Å². The molecule has 2 rings (SSSR count). The van der Waals surface area contributed by atoms with E-state index < -0.39 is 0 Å². The molecule has 1 aromatic carbocycles. The molecule has 3 nitrogen and oxygen atoms in total. The van der Waals surface area contributed by atoms with Crippen molar-refractivity contribution in [1.82, 2.24) is 4.98 Å². The lowest BCUT2D eigenvalue weighted by molar-refractivity contribution is 0.853. The fourth-order valence-electron chi connectivity index (χ4n) is 2.24. The van der Waals surface area contributed by atoms with Gasteiger partial charge in [-0.05, 0) is 25.3 Å². The van der Waals surface area contributed by atoms with Gasteiger partial charge in [0.05, 0.1) is 5.69 Å². The summed E-state index contributed by atoms with van der Waals surface area (Å²) >= 11 is 0. The summed E-state index contributed by atoms with van der Waals surface area (Å²) in [6.07, 6.45) is 0. The van der Waals surface area contributed by atoms with Crippen LogP contribution < -0.4 is 10.6 Å². The van der Waals surface area contributed by atoms with Crippen molar-refractivity contribution in [2.24, 2.45) is 5.73 Å². The minimum absolute atomic E-state index is 0.461. The van der Waals surface area contributed by atoms with Gasteiger partial charge in [0, 0.05) is 25.0 Å². The highest BCUT2D eigenvalue weighted by Gasteiger charge is 2.11. The summed E-state index contributed by atoms with van der Waals surface area (Å²) in [6.45, 7) is 10.4. The Morgan fingerprint density at radius 2 is 2.11 bits per heavy atom. The number of rotatable bonds is 5. The van der Waals surface area contributed by atoms with E-state index in [-0.39, 0.29) is 0 Å². The molecule has 0 aliphatic rings. The molecule has 1 heterocycles. The highest BCUT2D eigenvalue weighted by molar-refractivity contribution is 5.92. The predicted octanol–water partition coefficient (Wildman–Crippen LogP) is 3.10.